The number of benzene rings is 1. The zero-order valence-electron chi connectivity index (χ0n) is 15.2. The zero-order valence-corrected chi connectivity index (χ0v) is 15.2. The largest absolute Gasteiger partial charge is 0.511 e. The lowest BCUT2D eigenvalue weighted by molar-refractivity contribution is -0.116. The van der Waals surface area contributed by atoms with E-state index in [1.165, 1.54) is 23.1 Å². The molecule has 3 rings (SSSR count). The first-order chi connectivity index (χ1) is 12.1. The van der Waals surface area contributed by atoms with Crippen molar-refractivity contribution in [2.24, 2.45) is 5.16 Å². The molecule has 1 atom stereocenters. The van der Waals surface area contributed by atoms with Gasteiger partial charge in [0.05, 0.1) is 11.3 Å². The highest BCUT2D eigenvalue weighted by molar-refractivity contribution is 6.23. The molecule has 25 heavy (non-hydrogen) atoms. The molecule has 1 unspecified atom stereocenters. The monoisotopic (exact) mass is 341 g/mol. The summed E-state index contributed by atoms with van der Waals surface area (Å²) >= 11 is 0. The summed E-state index contributed by atoms with van der Waals surface area (Å²) in [5, 5.41) is 14.7. The molecule has 0 bridgehead atoms. The number of Topliss-reactive ketones (excluding diaryl/α,β-unsaturated/α-hetero) is 1. The smallest absolute Gasteiger partial charge is 0.168 e. The van der Waals surface area contributed by atoms with Crippen LogP contribution >= 0.6 is 0 Å². The highest BCUT2D eigenvalue weighted by Crippen LogP contribution is 2.36. The van der Waals surface area contributed by atoms with Crippen LogP contribution in [0.4, 0.5) is 0 Å². The lowest BCUT2D eigenvalue weighted by Crippen LogP contribution is -2.24. The van der Waals surface area contributed by atoms with E-state index in [2.05, 4.69) is 23.4 Å². The van der Waals surface area contributed by atoms with Crippen LogP contribution in [0.3, 0.4) is 0 Å². The number of aliphatic hydroxyl groups excluding tert-OH is 1. The molecule has 0 amide bonds. The number of hydrogen-bond donors (Lipinski definition) is 1. The molecule has 134 valence electrons. The van der Waals surface area contributed by atoms with Gasteiger partial charge in [0.25, 0.3) is 0 Å². The van der Waals surface area contributed by atoms with E-state index in [0.717, 1.165) is 19.3 Å². The van der Waals surface area contributed by atoms with E-state index < -0.39 is 0 Å². The SMILES string of the molecule is CCCC(=NOCC)C1=C(O)CC(c2ccc3c(c2)CCC3)CC1=O. The van der Waals surface area contributed by atoms with Gasteiger partial charge in [-0.15, -0.1) is 0 Å². The Bertz CT molecular complexity index is 718. The van der Waals surface area contributed by atoms with Crippen molar-refractivity contribution in [3.8, 4) is 0 Å². The number of carbonyl (C=O) groups is 1. The molecule has 0 saturated heterocycles. The van der Waals surface area contributed by atoms with Gasteiger partial charge in [0.1, 0.15) is 12.4 Å². The summed E-state index contributed by atoms with van der Waals surface area (Å²) in [6, 6.07) is 6.55. The summed E-state index contributed by atoms with van der Waals surface area (Å²) in [6.07, 6.45) is 5.90. The van der Waals surface area contributed by atoms with Gasteiger partial charge in [-0.3, -0.25) is 4.79 Å². The number of aliphatic hydroxyl groups is 1. The number of hydrogen-bond acceptors (Lipinski definition) is 4. The van der Waals surface area contributed by atoms with Crippen LogP contribution in [0.1, 0.15) is 68.6 Å². The molecule has 1 aromatic rings. The van der Waals surface area contributed by atoms with Crippen LogP contribution in [0.15, 0.2) is 34.7 Å². The van der Waals surface area contributed by atoms with Gasteiger partial charge in [0.15, 0.2) is 5.78 Å². The number of rotatable bonds is 6. The maximum Gasteiger partial charge on any atom is 0.168 e. The number of allylic oxidation sites excluding steroid dienone is 2. The van der Waals surface area contributed by atoms with E-state index >= 15 is 0 Å². The molecule has 1 aromatic carbocycles. The summed E-state index contributed by atoms with van der Waals surface area (Å²) in [5.74, 6) is 0.187. The first-order valence-corrected chi connectivity index (χ1v) is 9.40. The van der Waals surface area contributed by atoms with Gasteiger partial charge < -0.3 is 9.94 Å². The Morgan fingerprint density at radius 3 is 2.76 bits per heavy atom. The number of ketones is 1. The van der Waals surface area contributed by atoms with Crippen molar-refractivity contribution >= 4 is 11.5 Å². The van der Waals surface area contributed by atoms with Gasteiger partial charge in [0, 0.05) is 12.8 Å². The van der Waals surface area contributed by atoms with Gasteiger partial charge in [-0.25, -0.2) is 0 Å². The number of carbonyl (C=O) groups excluding carboxylic acids is 1. The summed E-state index contributed by atoms with van der Waals surface area (Å²) < 4.78 is 0. The molecule has 0 aliphatic heterocycles. The van der Waals surface area contributed by atoms with Crippen molar-refractivity contribution in [3.63, 3.8) is 0 Å². The van der Waals surface area contributed by atoms with Crippen molar-refractivity contribution in [2.45, 2.75) is 64.7 Å². The molecule has 0 fully saturated rings. The third kappa shape index (κ3) is 3.78. The highest BCUT2D eigenvalue weighted by Gasteiger charge is 2.31. The fourth-order valence-corrected chi connectivity index (χ4v) is 3.90. The summed E-state index contributed by atoms with van der Waals surface area (Å²) in [4.78, 5) is 17.9. The van der Waals surface area contributed by atoms with Crippen LogP contribution in [-0.2, 0) is 22.5 Å². The quantitative estimate of drug-likeness (QED) is 0.606. The minimum absolute atomic E-state index is 0.0267. The van der Waals surface area contributed by atoms with Crippen LogP contribution in [0.2, 0.25) is 0 Å². The van der Waals surface area contributed by atoms with Gasteiger partial charge in [-0.05, 0) is 55.2 Å². The van der Waals surface area contributed by atoms with Crippen LogP contribution in [-0.4, -0.2) is 23.2 Å². The van der Waals surface area contributed by atoms with Gasteiger partial charge >= 0.3 is 0 Å². The second kappa shape index (κ2) is 7.85. The molecule has 0 spiro atoms. The van der Waals surface area contributed by atoms with Gasteiger partial charge in [-0.1, -0.05) is 36.7 Å². The molecule has 0 saturated carbocycles. The van der Waals surface area contributed by atoms with Gasteiger partial charge in [0.2, 0.25) is 0 Å². The average molecular weight is 341 g/mol. The van der Waals surface area contributed by atoms with Gasteiger partial charge in [-0.2, -0.15) is 0 Å². The molecular weight excluding hydrogens is 314 g/mol. The van der Waals surface area contributed by atoms with Crippen molar-refractivity contribution in [3.05, 3.63) is 46.2 Å². The summed E-state index contributed by atoms with van der Waals surface area (Å²) in [7, 11) is 0. The lowest BCUT2D eigenvalue weighted by Gasteiger charge is -2.24. The van der Waals surface area contributed by atoms with Crippen LogP contribution in [0.5, 0.6) is 0 Å². The third-order valence-corrected chi connectivity index (χ3v) is 5.11. The normalized spacial score (nSPS) is 20.8. The Balaban J connectivity index is 1.85. The fourth-order valence-electron chi connectivity index (χ4n) is 3.90. The molecule has 4 nitrogen and oxygen atoms in total. The van der Waals surface area contributed by atoms with E-state index in [1.54, 1.807) is 0 Å². The molecule has 2 aliphatic rings. The average Bonchev–Trinajstić information content (AvgIpc) is 3.06. The number of aryl methyl sites for hydroxylation is 2. The predicted molar refractivity (Wildman–Crippen MR) is 99.1 cm³/mol. The van der Waals surface area contributed by atoms with Crippen LogP contribution < -0.4 is 0 Å². The molecule has 2 aliphatic carbocycles. The summed E-state index contributed by atoms with van der Waals surface area (Å²) in [5.41, 5.74) is 4.97. The summed E-state index contributed by atoms with van der Waals surface area (Å²) in [6.45, 7) is 4.33. The fraction of sp³-hybridized carbons (Fsp3) is 0.524. The molecule has 0 aromatic heterocycles. The van der Waals surface area contributed by atoms with Crippen LogP contribution in [0.25, 0.3) is 0 Å². The van der Waals surface area contributed by atoms with Crippen LogP contribution in [0, 0.1) is 0 Å². The van der Waals surface area contributed by atoms with E-state index in [4.69, 9.17) is 4.84 Å². The Morgan fingerprint density at radius 2 is 2.04 bits per heavy atom. The predicted octanol–water partition coefficient (Wildman–Crippen LogP) is 4.63. The molecule has 0 radical (unpaired) electrons. The lowest BCUT2D eigenvalue weighted by atomic mass is 9.80. The Labute approximate surface area is 149 Å². The van der Waals surface area contributed by atoms with E-state index in [-0.39, 0.29) is 17.5 Å². The maximum absolute atomic E-state index is 12.7. The third-order valence-electron chi connectivity index (χ3n) is 5.11. The van der Waals surface area contributed by atoms with E-state index in [1.807, 2.05) is 13.8 Å². The zero-order chi connectivity index (χ0) is 17.8. The van der Waals surface area contributed by atoms with Crippen molar-refractivity contribution < 1.29 is 14.7 Å². The second-order valence-electron chi connectivity index (χ2n) is 6.94. The minimum Gasteiger partial charge on any atom is -0.511 e. The van der Waals surface area contributed by atoms with Crippen molar-refractivity contribution in [1.29, 1.82) is 0 Å². The Morgan fingerprint density at radius 1 is 1.24 bits per heavy atom. The first-order valence-electron chi connectivity index (χ1n) is 9.40. The minimum atomic E-state index is -0.0267. The molecular formula is C21H27NO3. The topological polar surface area (TPSA) is 58.9 Å². The highest BCUT2D eigenvalue weighted by atomic mass is 16.6. The van der Waals surface area contributed by atoms with Crippen molar-refractivity contribution in [1.82, 2.24) is 0 Å². The maximum atomic E-state index is 12.7. The van der Waals surface area contributed by atoms with Crippen molar-refractivity contribution in [2.75, 3.05) is 6.61 Å². The number of fused-ring (bicyclic) bond motifs is 1. The Hall–Kier alpha value is -2.10. The van der Waals surface area contributed by atoms with E-state index in [0.29, 0.717) is 37.2 Å². The van der Waals surface area contributed by atoms with E-state index in [9.17, 15) is 9.90 Å². The number of oxime groups is 1. The molecule has 0 heterocycles. The number of nitrogens with zero attached hydrogens (tertiary/aromatic N) is 1. The second-order valence-corrected chi connectivity index (χ2v) is 6.94. The standard InChI is InChI=1S/C21H27NO3/c1-3-6-18(22-25-4-2)21-19(23)12-17(13-20(21)24)16-10-9-14-7-5-8-15(14)11-16/h9-11,17,23H,3-8,12-13H2,1-2H3. The first kappa shape index (κ1) is 17.7. The molecule has 4 heteroatoms. The Kier molecular flexibility index (Phi) is 5.57. The molecule has 1 N–H and O–H groups in total.